The van der Waals surface area contributed by atoms with E-state index < -0.39 is 0 Å². The van der Waals surface area contributed by atoms with Crippen molar-refractivity contribution in [2.24, 2.45) is 0 Å². The fraction of sp³-hybridized carbons (Fsp3) is 0.0667. The number of rotatable bonds is 3. The highest BCUT2D eigenvalue weighted by Gasteiger charge is 2.14. The summed E-state index contributed by atoms with van der Waals surface area (Å²) >= 11 is 0. The maximum Gasteiger partial charge on any atom is 0.182 e. The largest absolute Gasteiger partial charge is 0.463 e. The molecule has 0 amide bonds. The minimum absolute atomic E-state index is 0.561. The summed E-state index contributed by atoms with van der Waals surface area (Å²) in [4.78, 5) is 8.53. The molecule has 4 aromatic rings. The average molecular weight is 292 g/mol. The van der Waals surface area contributed by atoms with Crippen LogP contribution in [-0.4, -0.2) is 25.0 Å². The van der Waals surface area contributed by atoms with E-state index in [9.17, 15) is 0 Å². The number of hydrogen-bond acceptors (Lipinski definition) is 6. The van der Waals surface area contributed by atoms with Crippen LogP contribution in [0.3, 0.4) is 0 Å². The average Bonchev–Trinajstić information content (AvgIpc) is 3.20. The zero-order valence-corrected chi connectivity index (χ0v) is 11.5. The molecule has 0 aliphatic heterocycles. The second kappa shape index (κ2) is 4.96. The minimum atomic E-state index is 0.561. The monoisotopic (exact) mass is 292 g/mol. The van der Waals surface area contributed by atoms with Crippen molar-refractivity contribution in [1.29, 1.82) is 0 Å². The molecule has 7 heteroatoms. The van der Waals surface area contributed by atoms with Crippen LogP contribution in [0.2, 0.25) is 0 Å². The first-order chi connectivity index (χ1) is 10.8. The molecule has 2 N–H and O–H groups in total. The molecule has 0 saturated heterocycles. The van der Waals surface area contributed by atoms with Crippen molar-refractivity contribution < 1.29 is 4.42 Å². The lowest BCUT2D eigenvalue weighted by atomic mass is 10.2. The molecule has 0 saturated carbocycles. The summed E-state index contributed by atoms with van der Waals surface area (Å²) in [5, 5.41) is 8.37. The molecule has 0 bridgehead atoms. The molecule has 0 fully saturated rings. The number of aromatic nitrogens is 5. The number of nitrogen functional groups attached to an aromatic ring is 1. The van der Waals surface area contributed by atoms with E-state index in [1.54, 1.807) is 10.9 Å². The molecule has 7 nitrogen and oxygen atoms in total. The van der Waals surface area contributed by atoms with Crippen LogP contribution < -0.4 is 5.73 Å². The van der Waals surface area contributed by atoms with E-state index in [-0.39, 0.29) is 0 Å². The van der Waals surface area contributed by atoms with Gasteiger partial charge in [0, 0.05) is 5.69 Å². The number of fused-ring (bicyclic) bond motifs is 1. The first-order valence-corrected chi connectivity index (χ1v) is 6.74. The molecule has 0 aliphatic rings. The third-order valence-electron chi connectivity index (χ3n) is 3.37. The van der Waals surface area contributed by atoms with Crippen molar-refractivity contribution in [3.63, 3.8) is 0 Å². The van der Waals surface area contributed by atoms with E-state index in [0.29, 0.717) is 29.2 Å². The van der Waals surface area contributed by atoms with Gasteiger partial charge in [-0.15, -0.1) is 5.10 Å². The SMILES string of the molecule is Nc1ccc(Cn2nnc3c(-c4ccco4)ncnc32)cc1. The van der Waals surface area contributed by atoms with Crippen LogP contribution in [-0.2, 0) is 6.54 Å². The Labute approximate surface area is 125 Å². The van der Waals surface area contributed by atoms with Crippen molar-refractivity contribution in [2.45, 2.75) is 6.54 Å². The van der Waals surface area contributed by atoms with Crippen LogP contribution in [0.15, 0.2) is 53.4 Å². The zero-order chi connectivity index (χ0) is 14.9. The van der Waals surface area contributed by atoms with Gasteiger partial charge in [0.05, 0.1) is 12.8 Å². The maximum absolute atomic E-state index is 5.70. The molecule has 0 unspecified atom stereocenters. The van der Waals surface area contributed by atoms with Crippen molar-refractivity contribution in [1.82, 2.24) is 25.0 Å². The van der Waals surface area contributed by atoms with Gasteiger partial charge < -0.3 is 10.2 Å². The van der Waals surface area contributed by atoms with Crippen LogP contribution in [0, 0.1) is 0 Å². The van der Waals surface area contributed by atoms with Gasteiger partial charge in [0.1, 0.15) is 12.0 Å². The fourth-order valence-corrected chi connectivity index (χ4v) is 2.29. The fourth-order valence-electron chi connectivity index (χ4n) is 2.29. The van der Waals surface area contributed by atoms with Crippen molar-refractivity contribution >= 4 is 16.9 Å². The Morgan fingerprint density at radius 2 is 1.95 bits per heavy atom. The maximum atomic E-state index is 5.70. The molecular weight excluding hydrogens is 280 g/mol. The van der Waals surface area contributed by atoms with Crippen molar-refractivity contribution in [3.05, 3.63) is 54.6 Å². The van der Waals surface area contributed by atoms with E-state index >= 15 is 0 Å². The second-order valence-electron chi connectivity index (χ2n) is 4.86. The highest BCUT2D eigenvalue weighted by molar-refractivity contribution is 5.84. The molecule has 0 radical (unpaired) electrons. The third kappa shape index (κ3) is 2.08. The third-order valence-corrected chi connectivity index (χ3v) is 3.37. The second-order valence-corrected chi connectivity index (χ2v) is 4.86. The van der Waals surface area contributed by atoms with Gasteiger partial charge in [-0.25, -0.2) is 14.6 Å². The van der Waals surface area contributed by atoms with Crippen molar-refractivity contribution in [2.75, 3.05) is 5.73 Å². The highest BCUT2D eigenvalue weighted by Crippen LogP contribution is 2.23. The van der Waals surface area contributed by atoms with Crippen LogP contribution >= 0.6 is 0 Å². The van der Waals surface area contributed by atoms with Crippen LogP contribution in [0.4, 0.5) is 5.69 Å². The molecule has 0 spiro atoms. The summed E-state index contributed by atoms with van der Waals surface area (Å²) in [7, 11) is 0. The van der Waals surface area contributed by atoms with E-state index in [4.69, 9.17) is 10.2 Å². The number of hydrogen-bond donors (Lipinski definition) is 1. The summed E-state index contributed by atoms with van der Waals surface area (Å²) in [5.41, 5.74) is 9.42. The van der Waals surface area contributed by atoms with Gasteiger partial charge in [-0.3, -0.25) is 0 Å². The summed E-state index contributed by atoms with van der Waals surface area (Å²) in [6.45, 7) is 0.561. The Kier molecular flexibility index (Phi) is 2.82. The molecule has 0 aliphatic carbocycles. The number of benzene rings is 1. The van der Waals surface area contributed by atoms with E-state index in [2.05, 4.69) is 20.3 Å². The lowest BCUT2D eigenvalue weighted by Gasteiger charge is -2.03. The van der Waals surface area contributed by atoms with Gasteiger partial charge >= 0.3 is 0 Å². The number of anilines is 1. The summed E-state index contributed by atoms with van der Waals surface area (Å²) < 4.78 is 7.12. The topological polar surface area (TPSA) is 95.7 Å². The van der Waals surface area contributed by atoms with Gasteiger partial charge in [0.25, 0.3) is 0 Å². The van der Waals surface area contributed by atoms with Crippen LogP contribution in [0.25, 0.3) is 22.6 Å². The molecule has 0 atom stereocenters. The molecule has 3 aromatic heterocycles. The highest BCUT2D eigenvalue weighted by atomic mass is 16.3. The molecule has 1 aromatic carbocycles. The molecular formula is C15H12N6O. The van der Waals surface area contributed by atoms with Gasteiger partial charge in [0.15, 0.2) is 16.9 Å². The Bertz CT molecular complexity index is 911. The number of furan rings is 1. The Balaban J connectivity index is 1.77. The summed E-state index contributed by atoms with van der Waals surface area (Å²) in [6.07, 6.45) is 3.09. The smallest absolute Gasteiger partial charge is 0.182 e. The summed E-state index contributed by atoms with van der Waals surface area (Å²) in [6, 6.07) is 11.3. The number of nitrogens with zero attached hydrogens (tertiary/aromatic N) is 5. The predicted octanol–water partition coefficient (Wildman–Crippen LogP) is 2.11. The molecule has 3 heterocycles. The van der Waals surface area contributed by atoms with E-state index in [1.807, 2.05) is 36.4 Å². The minimum Gasteiger partial charge on any atom is -0.463 e. The summed E-state index contributed by atoms with van der Waals surface area (Å²) in [5.74, 6) is 0.645. The van der Waals surface area contributed by atoms with Crippen LogP contribution in [0.5, 0.6) is 0 Å². The standard InChI is InChI=1S/C15H12N6O/c16-11-5-3-10(4-6-11)8-21-15-14(19-20-21)13(17-9-18-15)12-2-1-7-22-12/h1-7,9H,8,16H2. The van der Waals surface area contributed by atoms with E-state index in [0.717, 1.165) is 11.3 Å². The number of nitrogens with two attached hydrogens (primary N) is 1. The zero-order valence-electron chi connectivity index (χ0n) is 11.5. The first-order valence-electron chi connectivity index (χ1n) is 6.74. The molecule has 108 valence electrons. The van der Waals surface area contributed by atoms with Gasteiger partial charge in [-0.2, -0.15) is 0 Å². The van der Waals surface area contributed by atoms with Crippen LogP contribution in [0.1, 0.15) is 5.56 Å². The Morgan fingerprint density at radius 1 is 1.09 bits per heavy atom. The van der Waals surface area contributed by atoms with Gasteiger partial charge in [-0.05, 0) is 29.8 Å². The molecule has 4 rings (SSSR count). The van der Waals surface area contributed by atoms with Gasteiger partial charge in [-0.1, -0.05) is 17.3 Å². The molecule has 22 heavy (non-hydrogen) atoms. The van der Waals surface area contributed by atoms with Crippen molar-refractivity contribution in [3.8, 4) is 11.5 Å². The normalized spacial score (nSPS) is 11.1. The quantitative estimate of drug-likeness (QED) is 0.581. The van der Waals surface area contributed by atoms with Gasteiger partial charge in [0.2, 0.25) is 0 Å². The lowest BCUT2D eigenvalue weighted by molar-refractivity contribution is 0.580. The van der Waals surface area contributed by atoms with E-state index in [1.165, 1.54) is 6.33 Å². The Hall–Kier alpha value is -3.22. The predicted molar refractivity (Wildman–Crippen MR) is 80.8 cm³/mol. The Morgan fingerprint density at radius 3 is 2.73 bits per heavy atom. The lowest BCUT2D eigenvalue weighted by Crippen LogP contribution is -2.03. The first kappa shape index (κ1) is 12.5.